The lowest BCUT2D eigenvalue weighted by Gasteiger charge is -1.95. The van der Waals surface area contributed by atoms with Crippen LogP contribution >= 0.6 is 0 Å². The van der Waals surface area contributed by atoms with Crippen LogP contribution in [0.4, 0.5) is 0 Å². The molecule has 0 spiro atoms. The second-order valence-corrected chi connectivity index (χ2v) is 2.47. The van der Waals surface area contributed by atoms with Crippen LogP contribution in [0.1, 0.15) is 17.3 Å². The van der Waals surface area contributed by atoms with Gasteiger partial charge in [-0.15, -0.1) is 0 Å². The number of hydrogen-bond acceptors (Lipinski definition) is 3. The Morgan fingerprint density at radius 1 is 1.21 bits per heavy atom. The van der Waals surface area contributed by atoms with Crippen LogP contribution in [0, 0.1) is 0 Å². The molecule has 0 aliphatic heterocycles. The van der Waals surface area contributed by atoms with Crippen LogP contribution in [0.2, 0.25) is 0 Å². The Labute approximate surface area is 82.7 Å². The highest BCUT2D eigenvalue weighted by Gasteiger charge is 2.00. The number of hydrogen-bond donors (Lipinski definition) is 1. The number of rotatable bonds is 1. The van der Waals surface area contributed by atoms with Gasteiger partial charge in [-0.1, -0.05) is 18.2 Å². The summed E-state index contributed by atoms with van der Waals surface area (Å²) < 4.78 is 4.50. The number of carbonyl (C=O) groups excluding carboxylic acids is 2. The minimum atomic E-state index is -0.333. The van der Waals surface area contributed by atoms with Gasteiger partial charge in [-0.2, -0.15) is 0 Å². The second kappa shape index (κ2) is 6.65. The van der Waals surface area contributed by atoms with E-state index in [2.05, 4.69) is 10.5 Å². The highest BCUT2D eigenvalue weighted by atomic mass is 16.5. The van der Waals surface area contributed by atoms with Crippen LogP contribution in [0.25, 0.3) is 0 Å². The van der Waals surface area contributed by atoms with E-state index in [0.29, 0.717) is 5.56 Å². The Morgan fingerprint density at radius 3 is 2.00 bits per heavy atom. The van der Waals surface area contributed by atoms with E-state index < -0.39 is 0 Å². The summed E-state index contributed by atoms with van der Waals surface area (Å²) in [5.74, 6) is -0.624. The van der Waals surface area contributed by atoms with Crippen molar-refractivity contribution in [3.63, 3.8) is 0 Å². The van der Waals surface area contributed by atoms with Crippen molar-refractivity contribution in [1.82, 2.24) is 0 Å². The van der Waals surface area contributed by atoms with Crippen molar-refractivity contribution in [1.29, 1.82) is 0 Å². The number of nitrogens with two attached hydrogens (primary N) is 1. The summed E-state index contributed by atoms with van der Waals surface area (Å²) >= 11 is 0. The highest BCUT2D eigenvalue weighted by Crippen LogP contribution is 1.98. The molecule has 14 heavy (non-hydrogen) atoms. The zero-order valence-electron chi connectivity index (χ0n) is 8.19. The van der Waals surface area contributed by atoms with Gasteiger partial charge in [0.2, 0.25) is 5.91 Å². The fourth-order valence-corrected chi connectivity index (χ4v) is 0.692. The molecule has 76 valence electrons. The summed E-state index contributed by atoms with van der Waals surface area (Å²) in [6, 6.07) is 8.88. The van der Waals surface area contributed by atoms with E-state index in [1.54, 1.807) is 24.3 Å². The van der Waals surface area contributed by atoms with Crippen LogP contribution < -0.4 is 5.73 Å². The summed E-state index contributed by atoms with van der Waals surface area (Å²) in [5, 5.41) is 0. The molecule has 0 saturated heterocycles. The highest BCUT2D eigenvalue weighted by molar-refractivity contribution is 5.89. The third-order valence-electron chi connectivity index (χ3n) is 1.19. The Bertz CT molecular complexity index is 291. The maximum Gasteiger partial charge on any atom is 0.337 e. The largest absolute Gasteiger partial charge is 0.465 e. The first-order valence-corrected chi connectivity index (χ1v) is 3.97. The molecule has 2 N–H and O–H groups in total. The minimum Gasteiger partial charge on any atom is -0.465 e. The molecule has 0 unspecified atom stereocenters. The van der Waals surface area contributed by atoms with Crippen LogP contribution in [0.3, 0.4) is 0 Å². The lowest BCUT2D eigenvalue weighted by atomic mass is 10.2. The van der Waals surface area contributed by atoms with Gasteiger partial charge in [-0.3, -0.25) is 4.79 Å². The van der Waals surface area contributed by atoms with Crippen LogP contribution in [0.15, 0.2) is 30.3 Å². The van der Waals surface area contributed by atoms with Gasteiger partial charge in [-0.05, 0) is 12.1 Å². The van der Waals surface area contributed by atoms with Crippen molar-refractivity contribution in [2.24, 2.45) is 5.73 Å². The topological polar surface area (TPSA) is 69.4 Å². The van der Waals surface area contributed by atoms with E-state index in [1.165, 1.54) is 14.0 Å². The Morgan fingerprint density at radius 2 is 1.64 bits per heavy atom. The second-order valence-electron chi connectivity index (χ2n) is 2.47. The maximum atomic E-state index is 10.8. The fraction of sp³-hybridized carbons (Fsp3) is 0.200. The molecule has 0 fully saturated rings. The van der Waals surface area contributed by atoms with Gasteiger partial charge in [0.15, 0.2) is 0 Å². The summed E-state index contributed by atoms with van der Waals surface area (Å²) in [7, 11) is 1.37. The van der Waals surface area contributed by atoms with E-state index in [0.717, 1.165) is 0 Å². The number of ether oxygens (including phenoxy) is 1. The molecule has 0 radical (unpaired) electrons. The zero-order valence-corrected chi connectivity index (χ0v) is 8.19. The van der Waals surface area contributed by atoms with Gasteiger partial charge in [0.05, 0.1) is 12.7 Å². The van der Waals surface area contributed by atoms with Gasteiger partial charge in [0.1, 0.15) is 0 Å². The van der Waals surface area contributed by atoms with E-state index in [9.17, 15) is 9.59 Å². The number of amides is 1. The van der Waals surface area contributed by atoms with Gasteiger partial charge in [-0.25, -0.2) is 4.79 Å². The van der Waals surface area contributed by atoms with Crippen molar-refractivity contribution < 1.29 is 14.3 Å². The zero-order chi connectivity index (χ0) is 11.0. The predicted molar refractivity (Wildman–Crippen MR) is 52.6 cm³/mol. The molecular formula is C10H13NO3. The monoisotopic (exact) mass is 195 g/mol. The number of primary amides is 1. The van der Waals surface area contributed by atoms with Gasteiger partial charge >= 0.3 is 5.97 Å². The van der Waals surface area contributed by atoms with Gasteiger partial charge < -0.3 is 10.5 Å². The number of methoxy groups -OCH3 is 1. The molecule has 1 aromatic rings. The number of benzene rings is 1. The average molecular weight is 195 g/mol. The molecule has 0 atom stereocenters. The van der Waals surface area contributed by atoms with Crippen molar-refractivity contribution in [3.8, 4) is 0 Å². The number of esters is 1. The van der Waals surface area contributed by atoms with Gasteiger partial charge in [0, 0.05) is 6.92 Å². The van der Waals surface area contributed by atoms with Crippen LogP contribution in [-0.2, 0) is 9.53 Å². The normalized spacial score (nSPS) is 8.14. The molecule has 1 rings (SSSR count). The first-order chi connectivity index (χ1) is 6.57. The quantitative estimate of drug-likeness (QED) is 0.678. The van der Waals surface area contributed by atoms with Crippen molar-refractivity contribution in [2.75, 3.05) is 7.11 Å². The summed E-state index contributed by atoms with van der Waals surface area (Å²) in [4.78, 5) is 20.0. The molecule has 4 heteroatoms. The van der Waals surface area contributed by atoms with Crippen molar-refractivity contribution in [3.05, 3.63) is 35.9 Å². The molecular weight excluding hydrogens is 182 g/mol. The Balaban J connectivity index is 0.000000364. The van der Waals surface area contributed by atoms with E-state index in [4.69, 9.17) is 0 Å². The molecule has 0 aliphatic rings. The first-order valence-electron chi connectivity index (χ1n) is 3.97. The van der Waals surface area contributed by atoms with Crippen molar-refractivity contribution in [2.45, 2.75) is 6.92 Å². The Kier molecular flexibility index (Phi) is 5.78. The lowest BCUT2D eigenvalue weighted by molar-refractivity contribution is -0.115. The molecule has 1 amide bonds. The predicted octanol–water partition coefficient (Wildman–Crippen LogP) is 0.965. The molecule has 0 heterocycles. The summed E-state index contributed by atoms with van der Waals surface area (Å²) in [5.41, 5.74) is 5.06. The van der Waals surface area contributed by atoms with E-state index >= 15 is 0 Å². The van der Waals surface area contributed by atoms with Crippen molar-refractivity contribution >= 4 is 11.9 Å². The maximum absolute atomic E-state index is 10.8. The third-order valence-corrected chi connectivity index (χ3v) is 1.19. The third kappa shape index (κ3) is 5.77. The Hall–Kier alpha value is -1.84. The smallest absolute Gasteiger partial charge is 0.337 e. The molecule has 0 saturated carbocycles. The molecule has 4 nitrogen and oxygen atoms in total. The van der Waals surface area contributed by atoms with Crippen LogP contribution in [0.5, 0.6) is 0 Å². The minimum absolute atomic E-state index is 0.291. The molecule has 0 aliphatic carbocycles. The van der Waals surface area contributed by atoms with Crippen LogP contribution in [-0.4, -0.2) is 19.0 Å². The van der Waals surface area contributed by atoms with Gasteiger partial charge in [0.25, 0.3) is 0 Å². The van der Waals surface area contributed by atoms with E-state index in [-0.39, 0.29) is 11.9 Å². The molecule has 0 aromatic heterocycles. The lowest BCUT2D eigenvalue weighted by Crippen LogP contribution is -2.01. The number of carbonyl (C=O) groups is 2. The standard InChI is InChI=1S/C8H8O2.C2H5NO/c1-10-8(9)7-5-3-2-4-6-7;1-2(3)4/h2-6H,1H3;1H3,(H2,3,4). The summed E-state index contributed by atoms with van der Waals surface area (Å²) in [6.07, 6.45) is 0. The SMILES string of the molecule is CC(N)=O.COC(=O)c1ccccc1. The van der Waals surface area contributed by atoms with E-state index in [1.807, 2.05) is 6.07 Å². The molecule has 1 aromatic carbocycles. The first kappa shape index (κ1) is 12.2. The molecule has 0 bridgehead atoms. The summed E-state index contributed by atoms with van der Waals surface area (Å²) in [6.45, 7) is 1.31. The fourth-order valence-electron chi connectivity index (χ4n) is 0.692. The average Bonchev–Trinajstić information content (AvgIpc) is 2.17.